The first-order chi connectivity index (χ1) is 20.7. The van der Waals surface area contributed by atoms with Crippen molar-refractivity contribution in [3.63, 3.8) is 0 Å². The lowest BCUT2D eigenvalue weighted by molar-refractivity contribution is -0.386. The lowest BCUT2D eigenvalue weighted by Crippen LogP contribution is -2.45. The number of nitro benzene ring substituents is 1. The van der Waals surface area contributed by atoms with Gasteiger partial charge in [0, 0.05) is 23.7 Å². The zero-order valence-electron chi connectivity index (χ0n) is 23.3. The van der Waals surface area contributed by atoms with Crippen molar-refractivity contribution in [3.8, 4) is 11.4 Å². The van der Waals surface area contributed by atoms with Gasteiger partial charge in [-0.1, -0.05) is 24.6 Å². The fraction of sp³-hybridized carbons (Fsp3) is 0.429. The minimum Gasteiger partial charge on any atom is -0.458 e. The molecule has 0 aliphatic carbocycles. The molecule has 6 rings (SSSR count). The highest BCUT2D eigenvalue weighted by atomic mass is 16.6. The van der Waals surface area contributed by atoms with Crippen molar-refractivity contribution in [1.29, 1.82) is 0 Å². The van der Waals surface area contributed by atoms with Crippen molar-refractivity contribution in [2.45, 2.75) is 51.4 Å². The van der Waals surface area contributed by atoms with Crippen LogP contribution >= 0.6 is 0 Å². The number of piperidine rings is 1. The number of rotatable bonds is 8. The highest BCUT2D eigenvalue weighted by Gasteiger charge is 2.52. The Hall–Kier alpha value is -4.76. The number of carbonyl (C=O) groups is 1. The summed E-state index contributed by atoms with van der Waals surface area (Å²) >= 11 is 0. The quantitative estimate of drug-likeness (QED) is 0.104. The maximum atomic E-state index is 13.7. The van der Waals surface area contributed by atoms with Gasteiger partial charge in [-0.2, -0.15) is 0 Å². The molecule has 2 aromatic heterocycles. The molecule has 3 aliphatic heterocycles. The van der Waals surface area contributed by atoms with Crippen LogP contribution in [0.5, 0.6) is 0 Å². The first-order valence-electron chi connectivity index (χ1n) is 14.0. The maximum absolute atomic E-state index is 13.7. The third kappa shape index (κ3) is 4.51. The second-order valence-electron chi connectivity index (χ2n) is 10.7. The van der Waals surface area contributed by atoms with Crippen LogP contribution in [0.25, 0.3) is 22.3 Å². The van der Waals surface area contributed by atoms with Crippen LogP contribution in [-0.4, -0.2) is 67.8 Å². The molecule has 0 spiro atoms. The van der Waals surface area contributed by atoms with E-state index < -0.39 is 44.8 Å². The minimum absolute atomic E-state index is 0.0201. The second-order valence-corrected chi connectivity index (χ2v) is 10.7. The van der Waals surface area contributed by atoms with Crippen molar-refractivity contribution in [3.05, 3.63) is 71.0 Å². The van der Waals surface area contributed by atoms with Gasteiger partial charge in [-0.05, 0) is 38.4 Å². The summed E-state index contributed by atoms with van der Waals surface area (Å²) in [6.07, 6.45) is 4.46. The van der Waals surface area contributed by atoms with E-state index in [1.807, 2.05) is 0 Å². The van der Waals surface area contributed by atoms with E-state index in [1.165, 1.54) is 37.8 Å². The van der Waals surface area contributed by atoms with Crippen LogP contribution in [0, 0.1) is 20.2 Å². The third-order valence-corrected chi connectivity index (χ3v) is 8.40. The molecule has 224 valence electrons. The van der Waals surface area contributed by atoms with Crippen LogP contribution in [0.15, 0.2) is 28.1 Å². The van der Waals surface area contributed by atoms with E-state index in [9.17, 15) is 34.9 Å². The number of likely N-dealkylation sites (tertiary alicyclic amines) is 1. The van der Waals surface area contributed by atoms with E-state index in [-0.39, 0.29) is 64.2 Å². The number of hydrogen-bond acceptors (Lipinski definition) is 12. The van der Waals surface area contributed by atoms with Gasteiger partial charge in [-0.3, -0.25) is 34.5 Å². The van der Waals surface area contributed by atoms with Gasteiger partial charge in [0.05, 0.1) is 44.6 Å². The van der Waals surface area contributed by atoms with E-state index >= 15 is 0 Å². The van der Waals surface area contributed by atoms with Crippen LogP contribution < -0.4 is 5.56 Å². The van der Waals surface area contributed by atoms with Crippen LogP contribution in [0.3, 0.4) is 0 Å². The molecule has 0 bridgehead atoms. The average Bonchev–Trinajstić information content (AvgIpc) is 3.38. The van der Waals surface area contributed by atoms with Crippen molar-refractivity contribution < 1.29 is 29.3 Å². The summed E-state index contributed by atoms with van der Waals surface area (Å²) in [5.41, 5.74) is -4.21. The smallest absolute Gasteiger partial charge is 0.343 e. The van der Waals surface area contributed by atoms with Crippen LogP contribution in [0.1, 0.15) is 54.9 Å². The number of nitro groups is 2. The number of ether oxygens (including phenoxy) is 1. The highest BCUT2D eigenvalue weighted by molar-refractivity contribution is 6.07. The first-order valence-corrected chi connectivity index (χ1v) is 14.0. The van der Waals surface area contributed by atoms with Crippen LogP contribution in [-0.2, 0) is 33.1 Å². The number of nitrogens with zero attached hydrogens (tertiary/aromatic N) is 6. The van der Waals surface area contributed by atoms with E-state index in [4.69, 9.17) is 9.57 Å². The van der Waals surface area contributed by atoms with Crippen LogP contribution in [0.4, 0.5) is 11.4 Å². The third-order valence-electron chi connectivity index (χ3n) is 8.40. The molecule has 1 unspecified atom stereocenters. The molecule has 3 aliphatic rings. The standard InChI is InChI=1S/C28H28N6O9/c1-2-28(37)22-18(15-42-27(28)36)26(35)32-14-17-16(13-29-43-12-11-31-9-4-3-5-10-31)21-19(7-6-8-20(21)33(38)39)30-23(17)25(32)24(22)34(40)41/h6-8,13,37H,2-5,9-12,14-15H2,1H3. The molecule has 5 heterocycles. The highest BCUT2D eigenvalue weighted by Crippen LogP contribution is 2.47. The lowest BCUT2D eigenvalue weighted by Gasteiger charge is -2.31. The molecule has 43 heavy (non-hydrogen) atoms. The largest absolute Gasteiger partial charge is 0.458 e. The Balaban J connectivity index is 1.54. The summed E-state index contributed by atoms with van der Waals surface area (Å²) in [4.78, 5) is 62.0. The van der Waals surface area contributed by atoms with E-state index in [2.05, 4.69) is 15.0 Å². The minimum atomic E-state index is -2.42. The Morgan fingerprint density at radius 2 is 1.93 bits per heavy atom. The molecule has 0 amide bonds. The molecular weight excluding hydrogens is 564 g/mol. The summed E-state index contributed by atoms with van der Waals surface area (Å²) in [6.45, 7) is 3.57. The molecule has 15 heteroatoms. The normalized spacial score (nSPS) is 19.6. The summed E-state index contributed by atoms with van der Waals surface area (Å²) in [5.74, 6) is -1.09. The van der Waals surface area contributed by atoms with Crippen molar-refractivity contribution in [2.75, 3.05) is 26.2 Å². The lowest BCUT2D eigenvalue weighted by atomic mass is 9.84. The molecule has 1 atom stereocenters. The number of pyridine rings is 2. The number of aromatic nitrogens is 2. The fourth-order valence-corrected chi connectivity index (χ4v) is 6.26. The Morgan fingerprint density at radius 3 is 2.63 bits per heavy atom. The summed E-state index contributed by atoms with van der Waals surface area (Å²) in [6, 6.07) is 4.26. The van der Waals surface area contributed by atoms with Gasteiger partial charge in [0.1, 0.15) is 24.6 Å². The fourth-order valence-electron chi connectivity index (χ4n) is 6.26. The van der Waals surface area contributed by atoms with Crippen molar-refractivity contribution >= 4 is 34.5 Å². The SMILES string of the molecule is CCC1(O)C(=O)OCc2c1c([N+](=O)[O-])c1n(c2=O)Cc2c-1nc1cccc([N+](=O)[O-])c1c2C=NOCCN1CCCCC1. The van der Waals surface area contributed by atoms with Crippen molar-refractivity contribution in [2.24, 2.45) is 5.16 Å². The zero-order chi connectivity index (χ0) is 30.5. The van der Waals surface area contributed by atoms with Gasteiger partial charge in [0.25, 0.3) is 11.2 Å². The molecule has 0 saturated carbocycles. The number of aliphatic hydroxyl groups is 1. The molecule has 0 radical (unpaired) electrons. The molecule has 1 N–H and O–H groups in total. The van der Waals surface area contributed by atoms with Crippen molar-refractivity contribution in [1.82, 2.24) is 14.5 Å². The average molecular weight is 593 g/mol. The predicted molar refractivity (Wildman–Crippen MR) is 152 cm³/mol. The summed E-state index contributed by atoms with van der Waals surface area (Å²) in [7, 11) is 0. The van der Waals surface area contributed by atoms with Gasteiger partial charge >= 0.3 is 11.7 Å². The molecule has 1 aromatic carbocycles. The van der Waals surface area contributed by atoms with E-state index in [0.717, 1.165) is 30.5 Å². The second kappa shape index (κ2) is 10.8. The van der Waals surface area contributed by atoms with Gasteiger partial charge in [0.15, 0.2) is 5.60 Å². The Bertz CT molecular complexity index is 1780. The van der Waals surface area contributed by atoms with Gasteiger partial charge in [-0.25, -0.2) is 9.78 Å². The maximum Gasteiger partial charge on any atom is 0.343 e. The number of fused-ring (bicyclic) bond motifs is 5. The molecule has 3 aromatic rings. The summed E-state index contributed by atoms with van der Waals surface area (Å²) in [5, 5.41) is 40.1. The number of oxime groups is 1. The molecule has 1 fully saturated rings. The number of hydrogen-bond donors (Lipinski definition) is 1. The monoisotopic (exact) mass is 592 g/mol. The molecule has 15 nitrogen and oxygen atoms in total. The number of non-ortho nitro benzene ring substituents is 1. The summed E-state index contributed by atoms with van der Waals surface area (Å²) < 4.78 is 6.18. The van der Waals surface area contributed by atoms with Gasteiger partial charge < -0.3 is 14.7 Å². The Kier molecular flexibility index (Phi) is 7.14. The predicted octanol–water partition coefficient (Wildman–Crippen LogP) is 2.73. The zero-order valence-corrected chi connectivity index (χ0v) is 23.3. The Morgan fingerprint density at radius 1 is 1.16 bits per heavy atom. The topological polar surface area (TPSA) is 193 Å². The number of benzene rings is 1. The molecule has 1 saturated heterocycles. The number of esters is 1. The van der Waals surface area contributed by atoms with E-state index in [0.29, 0.717) is 6.54 Å². The van der Waals surface area contributed by atoms with Gasteiger partial charge in [-0.15, -0.1) is 0 Å². The van der Waals surface area contributed by atoms with Crippen LogP contribution in [0.2, 0.25) is 0 Å². The number of cyclic esters (lactones) is 1. The van der Waals surface area contributed by atoms with Gasteiger partial charge in [0.2, 0.25) is 0 Å². The molecular formula is C28H28N6O9. The Labute approximate surface area is 243 Å². The number of carbonyl (C=O) groups excluding carboxylic acids is 1. The first kappa shape index (κ1) is 28.4. The van der Waals surface area contributed by atoms with E-state index in [1.54, 1.807) is 0 Å².